The van der Waals surface area contributed by atoms with Gasteiger partial charge in [0.05, 0.1) is 28.0 Å². The Hall–Kier alpha value is -4.54. The largest absolute Gasteiger partial charge is 0.507 e. The van der Waals surface area contributed by atoms with E-state index in [1.165, 1.54) is 27.7 Å². The highest BCUT2D eigenvalue weighted by atomic mass is 19.1. The fraction of sp³-hybridized carbons (Fsp3) is 0.387. The molecule has 0 bridgehead atoms. The molecule has 1 saturated carbocycles. The topological polar surface area (TPSA) is 125 Å². The monoisotopic (exact) mass is 572 g/mol. The van der Waals surface area contributed by atoms with Crippen LogP contribution in [0.4, 0.5) is 15.0 Å². The molecular weight excluding hydrogens is 539 g/mol. The van der Waals surface area contributed by atoms with Crippen LogP contribution in [0.3, 0.4) is 0 Å². The van der Waals surface area contributed by atoms with Crippen molar-refractivity contribution in [2.24, 2.45) is 0 Å². The standard InChI is InChI=1S/C31H33FN6O4/c1-16(2)25-27(17(3)10-11-33-25)38-29-21(28(35-30(38)40)37-13-12-36(31(41)42)15-18(37)4)14-20(19-8-9-19)26(34-29)24-22(32)6-5-7-23(24)39/h5-7,10-11,14,16,18-19,39H,8-9,12-13,15H2,1-4H3,(H,41,42)/t18-/m0/s1. The van der Waals surface area contributed by atoms with Gasteiger partial charge in [0.2, 0.25) is 0 Å². The molecule has 42 heavy (non-hydrogen) atoms. The van der Waals surface area contributed by atoms with E-state index in [1.54, 1.807) is 6.20 Å². The van der Waals surface area contributed by atoms with Crippen molar-refractivity contribution < 1.29 is 19.4 Å². The Morgan fingerprint density at radius 3 is 2.55 bits per heavy atom. The summed E-state index contributed by atoms with van der Waals surface area (Å²) < 4.78 is 16.8. The maximum Gasteiger partial charge on any atom is 0.407 e. The molecule has 2 fully saturated rings. The van der Waals surface area contributed by atoms with Crippen molar-refractivity contribution in [1.82, 2.24) is 24.4 Å². The number of phenolic OH excluding ortho intramolecular Hbond substituents is 1. The van der Waals surface area contributed by atoms with Crippen LogP contribution >= 0.6 is 0 Å². The fourth-order valence-corrected chi connectivity index (χ4v) is 5.95. The number of carboxylic acid groups (broad SMARTS) is 1. The minimum Gasteiger partial charge on any atom is -0.507 e. The van der Waals surface area contributed by atoms with Crippen LogP contribution in [0.1, 0.15) is 62.3 Å². The summed E-state index contributed by atoms with van der Waals surface area (Å²) in [6.07, 6.45) is 2.50. The number of hydrogen-bond acceptors (Lipinski definition) is 7. The number of piperazine rings is 1. The Kier molecular flexibility index (Phi) is 6.83. The van der Waals surface area contributed by atoms with Crippen LogP contribution in [0, 0.1) is 12.7 Å². The van der Waals surface area contributed by atoms with Gasteiger partial charge < -0.3 is 20.0 Å². The molecule has 1 aromatic carbocycles. The number of aromatic hydroxyl groups is 1. The zero-order valence-corrected chi connectivity index (χ0v) is 24.0. The van der Waals surface area contributed by atoms with E-state index >= 15 is 4.39 Å². The maximum absolute atomic E-state index is 15.3. The average molecular weight is 573 g/mol. The van der Waals surface area contributed by atoms with Crippen molar-refractivity contribution in [3.63, 3.8) is 0 Å². The quantitative estimate of drug-likeness (QED) is 0.335. The number of anilines is 1. The molecule has 1 atom stereocenters. The lowest BCUT2D eigenvalue weighted by Crippen LogP contribution is -2.54. The molecule has 2 N–H and O–H groups in total. The number of halogens is 1. The Morgan fingerprint density at radius 1 is 1.14 bits per heavy atom. The Morgan fingerprint density at radius 2 is 1.90 bits per heavy atom. The van der Waals surface area contributed by atoms with E-state index in [1.807, 2.05) is 44.7 Å². The van der Waals surface area contributed by atoms with Crippen LogP contribution in [-0.4, -0.2) is 66.4 Å². The van der Waals surface area contributed by atoms with Gasteiger partial charge >= 0.3 is 11.8 Å². The number of phenols is 1. The van der Waals surface area contributed by atoms with Crippen LogP contribution in [0.25, 0.3) is 28.0 Å². The molecule has 0 radical (unpaired) electrons. The lowest BCUT2D eigenvalue weighted by atomic mass is 9.99. The first-order valence-electron chi connectivity index (χ1n) is 14.2. The van der Waals surface area contributed by atoms with E-state index in [0.717, 1.165) is 24.0 Å². The van der Waals surface area contributed by atoms with E-state index < -0.39 is 17.6 Å². The number of aryl methyl sites for hydroxylation is 1. The van der Waals surface area contributed by atoms with Gasteiger partial charge in [-0.25, -0.2) is 23.5 Å². The molecule has 0 unspecified atom stereocenters. The second-order valence-corrected chi connectivity index (χ2v) is 11.5. The summed E-state index contributed by atoms with van der Waals surface area (Å²) in [5.41, 5.74) is 2.84. The minimum absolute atomic E-state index is 0.00547. The predicted octanol–water partition coefficient (Wildman–Crippen LogP) is 5.19. The van der Waals surface area contributed by atoms with Crippen LogP contribution in [0.15, 0.2) is 41.3 Å². The van der Waals surface area contributed by atoms with Gasteiger partial charge in [-0.15, -0.1) is 0 Å². The van der Waals surface area contributed by atoms with E-state index in [9.17, 15) is 19.8 Å². The third-order valence-electron chi connectivity index (χ3n) is 8.22. The number of amides is 1. The highest BCUT2D eigenvalue weighted by Gasteiger charge is 2.34. The second kappa shape index (κ2) is 10.4. The van der Waals surface area contributed by atoms with Crippen molar-refractivity contribution in [1.29, 1.82) is 0 Å². The van der Waals surface area contributed by atoms with Gasteiger partial charge in [-0.2, -0.15) is 4.98 Å². The minimum atomic E-state index is -0.991. The molecule has 0 spiro atoms. The lowest BCUT2D eigenvalue weighted by molar-refractivity contribution is 0.136. The molecule has 1 amide bonds. The van der Waals surface area contributed by atoms with Gasteiger partial charge in [-0.05, 0) is 73.9 Å². The molecule has 3 aromatic heterocycles. The zero-order valence-electron chi connectivity index (χ0n) is 24.0. The molecule has 218 valence electrons. The molecule has 1 aliphatic carbocycles. The molecule has 2 aliphatic rings. The molecule has 6 rings (SSSR count). The van der Waals surface area contributed by atoms with Crippen LogP contribution in [0.2, 0.25) is 0 Å². The number of rotatable bonds is 5. The van der Waals surface area contributed by atoms with Gasteiger partial charge in [0.15, 0.2) is 5.65 Å². The van der Waals surface area contributed by atoms with Crippen molar-refractivity contribution in [3.05, 3.63) is 69.7 Å². The summed E-state index contributed by atoms with van der Waals surface area (Å²) in [5, 5.41) is 20.9. The normalized spacial score (nSPS) is 17.3. The first kappa shape index (κ1) is 27.6. The lowest BCUT2D eigenvalue weighted by Gasteiger charge is -2.39. The number of aromatic nitrogens is 4. The van der Waals surface area contributed by atoms with Gasteiger partial charge in [0, 0.05) is 31.9 Å². The molecular formula is C31H33FN6O4. The second-order valence-electron chi connectivity index (χ2n) is 11.5. The van der Waals surface area contributed by atoms with Gasteiger partial charge in [0.25, 0.3) is 0 Å². The number of pyridine rings is 2. The number of benzene rings is 1. The highest BCUT2D eigenvalue weighted by molar-refractivity contribution is 5.92. The van der Waals surface area contributed by atoms with Gasteiger partial charge in [-0.1, -0.05) is 19.9 Å². The van der Waals surface area contributed by atoms with E-state index in [2.05, 4.69) is 9.97 Å². The molecule has 1 aliphatic heterocycles. The Balaban J connectivity index is 1.70. The molecule has 11 heteroatoms. The highest BCUT2D eigenvalue weighted by Crippen LogP contribution is 2.47. The van der Waals surface area contributed by atoms with Gasteiger partial charge in [-0.3, -0.25) is 4.98 Å². The van der Waals surface area contributed by atoms with Gasteiger partial charge in [0.1, 0.15) is 17.4 Å². The van der Waals surface area contributed by atoms with E-state index in [-0.39, 0.29) is 47.9 Å². The fourth-order valence-electron chi connectivity index (χ4n) is 5.95. The third kappa shape index (κ3) is 4.62. The molecule has 10 nitrogen and oxygen atoms in total. The summed E-state index contributed by atoms with van der Waals surface area (Å²) in [4.78, 5) is 43.2. The summed E-state index contributed by atoms with van der Waals surface area (Å²) in [7, 11) is 0. The summed E-state index contributed by atoms with van der Waals surface area (Å²) in [6, 6.07) is 7.65. The maximum atomic E-state index is 15.3. The molecule has 4 aromatic rings. The Labute approximate surface area is 242 Å². The van der Waals surface area contributed by atoms with Crippen molar-refractivity contribution in [2.75, 3.05) is 24.5 Å². The van der Waals surface area contributed by atoms with Crippen LogP contribution in [0.5, 0.6) is 5.75 Å². The Bertz CT molecular complexity index is 1760. The first-order valence-corrected chi connectivity index (χ1v) is 14.2. The van der Waals surface area contributed by atoms with Crippen molar-refractivity contribution >= 4 is 22.9 Å². The summed E-state index contributed by atoms with van der Waals surface area (Å²) >= 11 is 0. The number of hydrogen-bond donors (Lipinski definition) is 2. The van der Waals surface area contributed by atoms with Crippen molar-refractivity contribution in [2.45, 2.75) is 58.4 Å². The van der Waals surface area contributed by atoms with E-state index in [4.69, 9.17) is 4.98 Å². The summed E-state index contributed by atoms with van der Waals surface area (Å²) in [6.45, 7) is 8.63. The smallest absolute Gasteiger partial charge is 0.407 e. The zero-order chi connectivity index (χ0) is 29.9. The number of fused-ring (bicyclic) bond motifs is 1. The average Bonchev–Trinajstić information content (AvgIpc) is 3.78. The van der Waals surface area contributed by atoms with Crippen molar-refractivity contribution in [3.8, 4) is 22.7 Å². The number of nitrogens with zero attached hydrogens (tertiary/aromatic N) is 6. The van der Waals surface area contributed by atoms with Crippen LogP contribution in [-0.2, 0) is 0 Å². The van der Waals surface area contributed by atoms with Crippen LogP contribution < -0.4 is 10.6 Å². The first-order chi connectivity index (χ1) is 20.1. The molecule has 4 heterocycles. The predicted molar refractivity (Wildman–Crippen MR) is 157 cm³/mol. The molecule has 1 saturated heterocycles. The number of carbonyl (C=O) groups is 1. The van der Waals surface area contributed by atoms with E-state index in [0.29, 0.717) is 34.8 Å². The third-order valence-corrected chi connectivity index (χ3v) is 8.22. The summed E-state index contributed by atoms with van der Waals surface area (Å²) in [5.74, 6) is -0.324. The SMILES string of the molecule is Cc1ccnc(C(C)C)c1-n1c(=O)nc(N2CCN(C(=O)O)C[C@@H]2C)c2cc(C3CC3)c(-c3c(O)cccc3F)nc21.